The maximum atomic E-state index is 13.3. The minimum Gasteiger partial charge on any atom is -0.488 e. The summed E-state index contributed by atoms with van der Waals surface area (Å²) in [6, 6.07) is 25.4. The Balaban J connectivity index is 1.57. The zero-order valence-electron chi connectivity index (χ0n) is 18.8. The van der Waals surface area contributed by atoms with Crippen molar-refractivity contribution in [1.29, 1.82) is 0 Å². The van der Waals surface area contributed by atoms with Gasteiger partial charge in [0.25, 0.3) is 5.91 Å². The summed E-state index contributed by atoms with van der Waals surface area (Å²) in [4.78, 5) is 20.3. The van der Waals surface area contributed by atoms with E-state index >= 15 is 0 Å². The number of thioether (sulfide) groups is 1. The van der Waals surface area contributed by atoms with Gasteiger partial charge in [0.15, 0.2) is 5.17 Å². The van der Waals surface area contributed by atoms with Crippen LogP contribution in [0.5, 0.6) is 5.75 Å². The maximum Gasteiger partial charge on any atom is 0.266 e. The number of halogens is 1. The molecule has 34 heavy (non-hydrogen) atoms. The van der Waals surface area contributed by atoms with E-state index < -0.39 is 0 Å². The third kappa shape index (κ3) is 6.38. The summed E-state index contributed by atoms with van der Waals surface area (Å²) in [7, 11) is 0. The molecule has 0 unspecified atom stereocenters. The van der Waals surface area contributed by atoms with Crippen molar-refractivity contribution in [2.45, 2.75) is 13.5 Å². The van der Waals surface area contributed by atoms with Crippen molar-refractivity contribution in [3.05, 3.63) is 99.4 Å². The van der Waals surface area contributed by atoms with Gasteiger partial charge in [0, 0.05) is 16.6 Å². The molecular formula is C27H25BrN2O3S. The van der Waals surface area contributed by atoms with Crippen LogP contribution < -0.4 is 4.74 Å². The molecule has 1 aliphatic rings. The Kier molecular flexibility index (Phi) is 8.57. The topological polar surface area (TPSA) is 51.1 Å². The molecule has 1 amide bonds. The number of nitrogens with zero attached hydrogens (tertiary/aromatic N) is 2. The molecule has 0 aromatic heterocycles. The number of ether oxygens (including phenoxy) is 2. The zero-order valence-corrected chi connectivity index (χ0v) is 21.2. The average Bonchev–Trinajstić information content (AvgIpc) is 3.14. The van der Waals surface area contributed by atoms with E-state index in [1.54, 1.807) is 4.90 Å². The summed E-state index contributed by atoms with van der Waals surface area (Å²) in [5.41, 5.74) is 2.72. The van der Waals surface area contributed by atoms with Gasteiger partial charge in [0.05, 0.1) is 23.7 Å². The lowest BCUT2D eigenvalue weighted by Gasteiger charge is -2.15. The number of benzene rings is 3. The molecule has 0 spiro atoms. The number of para-hydroxylation sites is 2. The SMILES string of the molecule is CCOCCN1C(=O)/C(=C/c2ccccc2OCc2ccc(Br)cc2)SC1=Nc1ccccc1. The number of carbonyl (C=O) groups excluding carboxylic acids is 1. The molecule has 0 bridgehead atoms. The van der Waals surface area contributed by atoms with E-state index in [0.717, 1.165) is 27.0 Å². The van der Waals surface area contributed by atoms with Crippen LogP contribution in [-0.2, 0) is 16.1 Å². The predicted octanol–water partition coefficient (Wildman–Crippen LogP) is 6.67. The minimum atomic E-state index is -0.0814. The molecule has 1 fully saturated rings. The van der Waals surface area contributed by atoms with Crippen LogP contribution in [0.25, 0.3) is 6.08 Å². The van der Waals surface area contributed by atoms with E-state index in [2.05, 4.69) is 15.9 Å². The molecule has 0 radical (unpaired) electrons. The highest BCUT2D eigenvalue weighted by Gasteiger charge is 2.33. The highest BCUT2D eigenvalue weighted by Crippen LogP contribution is 2.35. The van der Waals surface area contributed by atoms with Crippen LogP contribution in [0, 0.1) is 0 Å². The Morgan fingerprint density at radius 1 is 1.00 bits per heavy atom. The van der Waals surface area contributed by atoms with Gasteiger partial charge in [0.1, 0.15) is 12.4 Å². The van der Waals surface area contributed by atoms with Crippen LogP contribution in [0.3, 0.4) is 0 Å². The summed E-state index contributed by atoms with van der Waals surface area (Å²) < 4.78 is 12.6. The molecule has 0 atom stereocenters. The van der Waals surface area contributed by atoms with E-state index in [-0.39, 0.29) is 5.91 Å². The lowest BCUT2D eigenvalue weighted by molar-refractivity contribution is -0.122. The van der Waals surface area contributed by atoms with Gasteiger partial charge >= 0.3 is 0 Å². The van der Waals surface area contributed by atoms with Crippen LogP contribution in [0.2, 0.25) is 0 Å². The Labute approximate surface area is 212 Å². The molecule has 3 aromatic carbocycles. The van der Waals surface area contributed by atoms with E-state index in [0.29, 0.717) is 36.4 Å². The second-order valence-corrected chi connectivity index (χ2v) is 9.37. The highest BCUT2D eigenvalue weighted by atomic mass is 79.9. The molecule has 1 heterocycles. The third-order valence-electron chi connectivity index (χ3n) is 5.05. The van der Waals surface area contributed by atoms with Gasteiger partial charge < -0.3 is 9.47 Å². The maximum absolute atomic E-state index is 13.3. The number of hydrogen-bond donors (Lipinski definition) is 0. The Hall–Kier alpha value is -2.87. The zero-order chi connectivity index (χ0) is 23.8. The molecule has 3 aromatic rings. The lowest BCUT2D eigenvalue weighted by atomic mass is 10.1. The van der Waals surface area contributed by atoms with Crippen molar-refractivity contribution in [1.82, 2.24) is 4.90 Å². The Morgan fingerprint density at radius 3 is 2.50 bits per heavy atom. The van der Waals surface area contributed by atoms with Crippen molar-refractivity contribution in [3.63, 3.8) is 0 Å². The van der Waals surface area contributed by atoms with Gasteiger partial charge in [-0.25, -0.2) is 4.99 Å². The molecule has 7 heteroatoms. The normalized spacial score (nSPS) is 15.9. The van der Waals surface area contributed by atoms with Gasteiger partial charge in [0.2, 0.25) is 0 Å². The largest absolute Gasteiger partial charge is 0.488 e. The molecule has 0 N–H and O–H groups in total. The molecule has 5 nitrogen and oxygen atoms in total. The van der Waals surface area contributed by atoms with Crippen molar-refractivity contribution in [3.8, 4) is 5.75 Å². The second kappa shape index (κ2) is 12.0. The van der Waals surface area contributed by atoms with Crippen molar-refractivity contribution < 1.29 is 14.3 Å². The van der Waals surface area contributed by atoms with E-state index in [9.17, 15) is 4.79 Å². The van der Waals surface area contributed by atoms with E-state index in [4.69, 9.17) is 14.5 Å². The first-order valence-electron chi connectivity index (χ1n) is 11.0. The monoisotopic (exact) mass is 536 g/mol. The average molecular weight is 537 g/mol. The predicted molar refractivity (Wildman–Crippen MR) is 142 cm³/mol. The standard InChI is InChI=1S/C27H25BrN2O3S/c1-2-32-17-16-30-26(31)25(34-27(30)29-23-9-4-3-5-10-23)18-21-8-6-7-11-24(21)33-19-20-12-14-22(28)15-13-20/h3-15,18H,2,16-17,19H2,1H3/b25-18-,29-27?. The van der Waals surface area contributed by atoms with Gasteiger partial charge in [-0.3, -0.25) is 9.69 Å². The van der Waals surface area contributed by atoms with Crippen LogP contribution in [0.1, 0.15) is 18.1 Å². The summed E-state index contributed by atoms with van der Waals surface area (Å²) in [5.74, 6) is 0.641. The van der Waals surface area contributed by atoms with Crippen molar-refractivity contribution >= 4 is 50.5 Å². The molecular weight excluding hydrogens is 512 g/mol. The molecule has 4 rings (SSSR count). The number of amides is 1. The first-order chi connectivity index (χ1) is 16.6. The van der Waals surface area contributed by atoms with Crippen LogP contribution in [0.15, 0.2) is 93.2 Å². The molecule has 1 aliphatic heterocycles. The number of hydrogen-bond acceptors (Lipinski definition) is 5. The van der Waals surface area contributed by atoms with Gasteiger partial charge in [-0.1, -0.05) is 64.5 Å². The molecule has 0 aliphatic carbocycles. The number of aliphatic imine (C=N–C) groups is 1. The van der Waals surface area contributed by atoms with Crippen LogP contribution >= 0.6 is 27.7 Å². The lowest BCUT2D eigenvalue weighted by Crippen LogP contribution is -2.32. The van der Waals surface area contributed by atoms with Crippen molar-refractivity contribution in [2.24, 2.45) is 4.99 Å². The number of rotatable bonds is 9. The Morgan fingerprint density at radius 2 is 1.74 bits per heavy atom. The fourth-order valence-electron chi connectivity index (χ4n) is 3.32. The van der Waals surface area contributed by atoms with Crippen LogP contribution in [0.4, 0.5) is 5.69 Å². The molecule has 1 saturated heterocycles. The quantitative estimate of drug-likeness (QED) is 0.226. The summed E-state index contributed by atoms with van der Waals surface area (Å²) in [5, 5.41) is 0.649. The highest BCUT2D eigenvalue weighted by molar-refractivity contribution is 9.10. The number of carbonyl (C=O) groups is 1. The summed E-state index contributed by atoms with van der Waals surface area (Å²) >= 11 is 4.82. The van der Waals surface area contributed by atoms with Crippen LogP contribution in [-0.4, -0.2) is 35.7 Å². The third-order valence-corrected chi connectivity index (χ3v) is 6.58. The minimum absolute atomic E-state index is 0.0814. The van der Waals surface area contributed by atoms with E-state index in [1.807, 2.05) is 91.9 Å². The van der Waals surface area contributed by atoms with E-state index in [1.165, 1.54) is 11.8 Å². The Bertz CT molecular complexity index is 1180. The van der Waals surface area contributed by atoms with Gasteiger partial charge in [-0.05, 0) is 60.7 Å². The fraction of sp³-hybridized carbons (Fsp3) is 0.185. The first-order valence-corrected chi connectivity index (χ1v) is 12.6. The smallest absolute Gasteiger partial charge is 0.266 e. The summed E-state index contributed by atoms with van der Waals surface area (Å²) in [6.45, 7) is 3.89. The second-order valence-electron chi connectivity index (χ2n) is 7.45. The summed E-state index contributed by atoms with van der Waals surface area (Å²) in [6.07, 6.45) is 1.88. The number of amidine groups is 1. The first kappa shape index (κ1) is 24.3. The van der Waals surface area contributed by atoms with Crippen molar-refractivity contribution in [2.75, 3.05) is 19.8 Å². The molecule has 0 saturated carbocycles. The fourth-order valence-corrected chi connectivity index (χ4v) is 4.60. The van der Waals surface area contributed by atoms with Gasteiger partial charge in [-0.15, -0.1) is 0 Å². The van der Waals surface area contributed by atoms with Gasteiger partial charge in [-0.2, -0.15) is 0 Å². The molecule has 174 valence electrons.